The zero-order valence-corrected chi connectivity index (χ0v) is 12.5. The standard InChI is InChI=1S/C15H16Cl2N2/c1-10-4-3-7-18-15(10)9-19-11(2)13-6-5-12(16)8-14(13)17/h3-8,11,19H,9H2,1-2H3. The Hall–Kier alpha value is -1.09. The number of halogens is 2. The molecule has 0 saturated carbocycles. The van der Waals surface area contributed by atoms with Crippen molar-refractivity contribution in [3.05, 3.63) is 63.4 Å². The average molecular weight is 295 g/mol. The molecule has 2 rings (SSSR count). The number of pyridine rings is 1. The first kappa shape index (κ1) is 14.3. The van der Waals surface area contributed by atoms with E-state index in [0.29, 0.717) is 16.6 Å². The van der Waals surface area contributed by atoms with Gasteiger partial charge in [-0.3, -0.25) is 4.98 Å². The Kier molecular flexibility index (Phi) is 4.81. The number of aromatic nitrogens is 1. The van der Waals surface area contributed by atoms with E-state index in [1.54, 1.807) is 6.07 Å². The van der Waals surface area contributed by atoms with Gasteiger partial charge in [-0.15, -0.1) is 0 Å². The number of nitrogens with one attached hydrogen (secondary N) is 1. The lowest BCUT2D eigenvalue weighted by molar-refractivity contribution is 0.566. The zero-order chi connectivity index (χ0) is 13.8. The van der Waals surface area contributed by atoms with Crippen LogP contribution >= 0.6 is 23.2 Å². The summed E-state index contributed by atoms with van der Waals surface area (Å²) in [6.45, 7) is 4.85. The van der Waals surface area contributed by atoms with Gasteiger partial charge in [-0.2, -0.15) is 0 Å². The van der Waals surface area contributed by atoms with E-state index in [1.165, 1.54) is 5.56 Å². The molecule has 1 unspecified atom stereocenters. The lowest BCUT2D eigenvalue weighted by atomic mass is 10.1. The highest BCUT2D eigenvalue weighted by Gasteiger charge is 2.10. The van der Waals surface area contributed by atoms with Gasteiger partial charge in [0, 0.05) is 28.8 Å². The minimum atomic E-state index is 0.145. The van der Waals surface area contributed by atoms with Crippen LogP contribution in [0.1, 0.15) is 29.8 Å². The summed E-state index contributed by atoms with van der Waals surface area (Å²) in [5.74, 6) is 0. The van der Waals surface area contributed by atoms with Crippen molar-refractivity contribution in [2.75, 3.05) is 0 Å². The maximum absolute atomic E-state index is 6.20. The van der Waals surface area contributed by atoms with Gasteiger partial charge in [-0.05, 0) is 43.2 Å². The van der Waals surface area contributed by atoms with Crippen LogP contribution in [0.15, 0.2) is 36.5 Å². The van der Waals surface area contributed by atoms with Crippen LogP contribution in [-0.2, 0) is 6.54 Å². The second kappa shape index (κ2) is 6.38. The molecule has 2 nitrogen and oxygen atoms in total. The molecule has 0 saturated heterocycles. The van der Waals surface area contributed by atoms with Crippen LogP contribution in [-0.4, -0.2) is 4.98 Å². The molecule has 4 heteroatoms. The van der Waals surface area contributed by atoms with E-state index < -0.39 is 0 Å². The molecule has 1 aromatic carbocycles. The first-order valence-corrected chi connectivity index (χ1v) is 6.92. The number of hydrogen-bond donors (Lipinski definition) is 1. The van der Waals surface area contributed by atoms with Crippen molar-refractivity contribution < 1.29 is 0 Å². The molecule has 0 amide bonds. The molecular weight excluding hydrogens is 279 g/mol. The normalized spacial score (nSPS) is 12.4. The summed E-state index contributed by atoms with van der Waals surface area (Å²) in [5, 5.41) is 4.77. The molecule has 2 aromatic rings. The fraction of sp³-hybridized carbons (Fsp3) is 0.267. The Morgan fingerprint density at radius 1 is 1.26 bits per heavy atom. The lowest BCUT2D eigenvalue weighted by Crippen LogP contribution is -2.19. The summed E-state index contributed by atoms with van der Waals surface area (Å²) in [6, 6.07) is 9.72. The van der Waals surface area contributed by atoms with Crippen LogP contribution in [0.4, 0.5) is 0 Å². The number of hydrogen-bond acceptors (Lipinski definition) is 2. The molecule has 0 fully saturated rings. The Bertz CT molecular complexity index is 570. The fourth-order valence-corrected chi connectivity index (χ4v) is 2.49. The highest BCUT2D eigenvalue weighted by molar-refractivity contribution is 6.35. The third-order valence-corrected chi connectivity index (χ3v) is 3.68. The van der Waals surface area contributed by atoms with Gasteiger partial charge in [0.15, 0.2) is 0 Å². The fourth-order valence-electron chi connectivity index (χ4n) is 1.92. The molecule has 0 spiro atoms. The lowest BCUT2D eigenvalue weighted by Gasteiger charge is -2.16. The predicted molar refractivity (Wildman–Crippen MR) is 80.7 cm³/mol. The van der Waals surface area contributed by atoms with E-state index in [-0.39, 0.29) is 6.04 Å². The number of nitrogens with zero attached hydrogens (tertiary/aromatic N) is 1. The van der Waals surface area contributed by atoms with Crippen LogP contribution in [0.2, 0.25) is 10.0 Å². The monoisotopic (exact) mass is 294 g/mol. The van der Waals surface area contributed by atoms with Crippen molar-refractivity contribution in [2.24, 2.45) is 0 Å². The molecular formula is C15H16Cl2N2. The molecule has 1 N–H and O–H groups in total. The first-order valence-electron chi connectivity index (χ1n) is 6.16. The van der Waals surface area contributed by atoms with Crippen LogP contribution in [0, 0.1) is 6.92 Å². The Morgan fingerprint density at radius 3 is 2.74 bits per heavy atom. The highest BCUT2D eigenvalue weighted by atomic mass is 35.5. The van der Waals surface area contributed by atoms with Crippen LogP contribution < -0.4 is 5.32 Å². The van der Waals surface area contributed by atoms with E-state index in [9.17, 15) is 0 Å². The average Bonchev–Trinajstić information content (AvgIpc) is 2.37. The van der Waals surface area contributed by atoms with Crippen molar-refractivity contribution in [1.82, 2.24) is 10.3 Å². The van der Waals surface area contributed by atoms with Gasteiger partial charge in [0.25, 0.3) is 0 Å². The Morgan fingerprint density at radius 2 is 2.05 bits per heavy atom. The van der Waals surface area contributed by atoms with Gasteiger partial charge < -0.3 is 5.32 Å². The minimum Gasteiger partial charge on any atom is -0.305 e. The van der Waals surface area contributed by atoms with Gasteiger partial charge in [-0.25, -0.2) is 0 Å². The van der Waals surface area contributed by atoms with Crippen molar-refractivity contribution in [3.63, 3.8) is 0 Å². The van der Waals surface area contributed by atoms with Crippen molar-refractivity contribution >= 4 is 23.2 Å². The second-order valence-electron chi connectivity index (χ2n) is 4.54. The number of rotatable bonds is 4. The van der Waals surface area contributed by atoms with Gasteiger partial charge >= 0.3 is 0 Å². The smallest absolute Gasteiger partial charge is 0.0570 e. The molecule has 1 aromatic heterocycles. The summed E-state index contributed by atoms with van der Waals surface area (Å²) in [7, 11) is 0. The molecule has 1 heterocycles. The van der Waals surface area contributed by atoms with Crippen molar-refractivity contribution in [3.8, 4) is 0 Å². The summed E-state index contributed by atoms with van der Waals surface area (Å²) < 4.78 is 0. The highest BCUT2D eigenvalue weighted by Crippen LogP contribution is 2.26. The molecule has 1 atom stereocenters. The maximum Gasteiger partial charge on any atom is 0.0570 e. The number of aryl methyl sites for hydroxylation is 1. The van der Waals surface area contributed by atoms with Crippen LogP contribution in [0.5, 0.6) is 0 Å². The topological polar surface area (TPSA) is 24.9 Å². The van der Waals surface area contributed by atoms with E-state index >= 15 is 0 Å². The van der Waals surface area contributed by atoms with Crippen LogP contribution in [0.25, 0.3) is 0 Å². The van der Waals surface area contributed by atoms with Gasteiger partial charge in [-0.1, -0.05) is 35.3 Å². The Labute approximate surface area is 123 Å². The zero-order valence-electron chi connectivity index (χ0n) is 11.0. The number of benzene rings is 1. The predicted octanol–water partition coefficient (Wildman–Crippen LogP) is 4.55. The maximum atomic E-state index is 6.20. The third kappa shape index (κ3) is 3.69. The second-order valence-corrected chi connectivity index (χ2v) is 5.38. The molecule has 0 aliphatic heterocycles. The molecule has 100 valence electrons. The molecule has 19 heavy (non-hydrogen) atoms. The van der Waals surface area contributed by atoms with E-state index in [4.69, 9.17) is 23.2 Å². The summed E-state index contributed by atoms with van der Waals surface area (Å²) >= 11 is 12.1. The quantitative estimate of drug-likeness (QED) is 0.895. The molecule has 0 aliphatic rings. The molecule has 0 aliphatic carbocycles. The SMILES string of the molecule is Cc1cccnc1CNC(C)c1ccc(Cl)cc1Cl. The largest absolute Gasteiger partial charge is 0.305 e. The van der Waals surface area contributed by atoms with Crippen LogP contribution in [0.3, 0.4) is 0 Å². The van der Waals surface area contributed by atoms with E-state index in [0.717, 1.165) is 11.3 Å². The summed E-state index contributed by atoms with van der Waals surface area (Å²) in [4.78, 5) is 4.36. The summed E-state index contributed by atoms with van der Waals surface area (Å²) in [5.41, 5.74) is 3.28. The van der Waals surface area contributed by atoms with Crippen molar-refractivity contribution in [1.29, 1.82) is 0 Å². The molecule has 0 bridgehead atoms. The minimum absolute atomic E-state index is 0.145. The first-order chi connectivity index (χ1) is 9.08. The molecule has 0 radical (unpaired) electrons. The summed E-state index contributed by atoms with van der Waals surface area (Å²) in [6.07, 6.45) is 1.81. The Balaban J connectivity index is 2.05. The van der Waals surface area contributed by atoms with E-state index in [2.05, 4.69) is 30.2 Å². The van der Waals surface area contributed by atoms with Gasteiger partial charge in [0.05, 0.1) is 5.69 Å². The van der Waals surface area contributed by atoms with Gasteiger partial charge in [0.1, 0.15) is 0 Å². The van der Waals surface area contributed by atoms with E-state index in [1.807, 2.05) is 24.4 Å². The van der Waals surface area contributed by atoms with Crippen molar-refractivity contribution in [2.45, 2.75) is 26.4 Å². The van der Waals surface area contributed by atoms with Gasteiger partial charge in [0.2, 0.25) is 0 Å². The third-order valence-electron chi connectivity index (χ3n) is 3.12.